The van der Waals surface area contributed by atoms with Crippen molar-refractivity contribution >= 4 is 35.1 Å². The third-order valence-corrected chi connectivity index (χ3v) is 5.79. The highest BCUT2D eigenvalue weighted by Crippen LogP contribution is 2.38. The first-order valence-corrected chi connectivity index (χ1v) is 9.63. The molecule has 0 atom stereocenters. The Morgan fingerprint density at radius 2 is 1.71 bits per heavy atom. The van der Waals surface area contributed by atoms with Crippen molar-refractivity contribution in [1.82, 2.24) is 4.90 Å². The molecule has 0 bridgehead atoms. The van der Waals surface area contributed by atoms with Gasteiger partial charge in [0.2, 0.25) is 5.78 Å². The summed E-state index contributed by atoms with van der Waals surface area (Å²) in [6.45, 7) is 4.20. The number of methoxy groups -OCH3 is 2. The number of hydrogen-bond acceptors (Lipinski definition) is 4. The molecule has 0 aliphatic carbocycles. The molecule has 0 amide bonds. The number of Topliss-reactive ketones (excluding diaryl/α,β-unsaturated/α-hetero) is 1. The number of ketones is 1. The Bertz CT molecular complexity index is 966. The Kier molecular flexibility index (Phi) is 5.64. The molecule has 0 unspecified atom stereocenters. The highest BCUT2D eigenvalue weighted by Gasteiger charge is 2.33. The van der Waals surface area contributed by atoms with Crippen LogP contribution in [0.25, 0.3) is 6.08 Å². The summed E-state index contributed by atoms with van der Waals surface area (Å²) in [5.41, 5.74) is 2.68. The summed E-state index contributed by atoms with van der Waals surface area (Å²) in [7, 11) is 5.14. The second-order valence-electron chi connectivity index (χ2n) is 7.44. The second kappa shape index (κ2) is 7.69. The highest BCUT2D eigenvalue weighted by molar-refractivity contribution is 6.37. The second-order valence-corrected chi connectivity index (χ2v) is 8.28. The number of halogens is 2. The van der Waals surface area contributed by atoms with Crippen molar-refractivity contribution in [3.8, 4) is 11.5 Å². The van der Waals surface area contributed by atoms with Crippen LogP contribution in [0.4, 0.5) is 0 Å². The van der Waals surface area contributed by atoms with Crippen LogP contribution < -0.4 is 9.47 Å². The number of carbonyl (C=O) groups excluding carboxylic acids is 1. The van der Waals surface area contributed by atoms with Gasteiger partial charge in [0.1, 0.15) is 0 Å². The average Bonchev–Trinajstić information content (AvgIpc) is 2.74. The Hall–Kier alpha value is -2.17. The van der Waals surface area contributed by atoms with Crippen molar-refractivity contribution in [3.05, 3.63) is 62.8 Å². The fourth-order valence-corrected chi connectivity index (χ4v) is 3.90. The first kappa shape index (κ1) is 20.6. The van der Waals surface area contributed by atoms with Crippen LogP contribution >= 0.6 is 23.2 Å². The number of rotatable bonds is 4. The average molecular weight is 420 g/mol. The summed E-state index contributed by atoms with van der Waals surface area (Å²) in [5, 5.41) is 0.827. The molecule has 148 valence electrons. The number of carbonyl (C=O) groups is 1. The number of likely N-dealkylation sites (N-methyl/N-ethyl adjacent to an activating group) is 1. The molecule has 1 aliphatic rings. The van der Waals surface area contributed by atoms with Gasteiger partial charge in [-0.25, -0.2) is 0 Å². The highest BCUT2D eigenvalue weighted by atomic mass is 35.5. The molecule has 0 fully saturated rings. The Morgan fingerprint density at radius 3 is 2.32 bits per heavy atom. The lowest BCUT2D eigenvalue weighted by Gasteiger charge is -2.37. The monoisotopic (exact) mass is 419 g/mol. The van der Waals surface area contributed by atoms with Crippen molar-refractivity contribution in [2.45, 2.75) is 25.8 Å². The quantitative estimate of drug-likeness (QED) is 0.613. The van der Waals surface area contributed by atoms with E-state index >= 15 is 0 Å². The summed E-state index contributed by atoms with van der Waals surface area (Å²) in [5.74, 6) is 1.14. The largest absolute Gasteiger partial charge is 0.493 e. The molecular formula is C22H23Cl2NO3. The molecule has 3 rings (SSSR count). The zero-order valence-corrected chi connectivity index (χ0v) is 18.1. The lowest BCUT2D eigenvalue weighted by molar-refractivity contribution is 0.0958. The molecule has 2 aromatic rings. The number of benzene rings is 2. The molecule has 0 radical (unpaired) electrons. The zero-order valence-electron chi connectivity index (χ0n) is 16.6. The third-order valence-electron chi connectivity index (χ3n) is 5.24. The molecule has 0 saturated heterocycles. The molecule has 1 aliphatic heterocycles. The lowest BCUT2D eigenvalue weighted by Crippen LogP contribution is -2.43. The molecule has 28 heavy (non-hydrogen) atoms. The molecule has 2 aromatic carbocycles. The van der Waals surface area contributed by atoms with Crippen molar-refractivity contribution < 1.29 is 14.3 Å². The predicted molar refractivity (Wildman–Crippen MR) is 114 cm³/mol. The van der Waals surface area contributed by atoms with E-state index in [1.54, 1.807) is 32.4 Å². The van der Waals surface area contributed by atoms with Gasteiger partial charge in [-0.2, -0.15) is 0 Å². The first-order chi connectivity index (χ1) is 13.2. The van der Waals surface area contributed by atoms with Crippen LogP contribution in [0.1, 0.15) is 35.3 Å². The molecule has 1 heterocycles. The van der Waals surface area contributed by atoms with E-state index in [0.29, 0.717) is 32.8 Å². The van der Waals surface area contributed by atoms with Crippen molar-refractivity contribution in [3.63, 3.8) is 0 Å². The predicted octanol–water partition coefficient (Wildman–Crippen LogP) is 5.50. The summed E-state index contributed by atoms with van der Waals surface area (Å²) in [6, 6.07) is 8.80. The molecule has 6 heteroatoms. The summed E-state index contributed by atoms with van der Waals surface area (Å²) < 4.78 is 10.9. The van der Waals surface area contributed by atoms with Gasteiger partial charge in [-0.3, -0.25) is 4.79 Å². The van der Waals surface area contributed by atoms with Gasteiger partial charge in [0.15, 0.2) is 11.5 Å². The fourth-order valence-electron chi connectivity index (χ4n) is 3.41. The van der Waals surface area contributed by atoms with Gasteiger partial charge < -0.3 is 14.4 Å². The van der Waals surface area contributed by atoms with E-state index in [2.05, 4.69) is 13.8 Å². The zero-order chi connectivity index (χ0) is 20.6. The fraction of sp³-hybridized carbons (Fsp3) is 0.318. The van der Waals surface area contributed by atoms with Crippen LogP contribution in [0.5, 0.6) is 11.5 Å². The third kappa shape index (κ3) is 3.71. The van der Waals surface area contributed by atoms with Gasteiger partial charge in [0.25, 0.3) is 0 Å². The smallest absolute Gasteiger partial charge is 0.210 e. The van der Waals surface area contributed by atoms with Crippen LogP contribution in [0.2, 0.25) is 10.0 Å². The van der Waals surface area contributed by atoms with E-state index < -0.39 is 0 Å². The number of allylic oxidation sites excluding steroid dienone is 1. The normalized spacial score (nSPS) is 15.4. The molecule has 0 aromatic heterocycles. The lowest BCUT2D eigenvalue weighted by atomic mass is 9.92. The van der Waals surface area contributed by atoms with Crippen molar-refractivity contribution in [2.75, 3.05) is 21.3 Å². The maximum Gasteiger partial charge on any atom is 0.210 e. The molecule has 0 spiro atoms. The number of hydrogen-bond donors (Lipinski definition) is 0. The van der Waals surface area contributed by atoms with Gasteiger partial charge in [-0.1, -0.05) is 23.2 Å². The molecule has 4 nitrogen and oxygen atoms in total. The minimum atomic E-state index is -0.300. The van der Waals surface area contributed by atoms with Gasteiger partial charge in [0, 0.05) is 23.2 Å². The van der Waals surface area contributed by atoms with E-state index in [0.717, 1.165) is 17.5 Å². The van der Waals surface area contributed by atoms with E-state index in [4.69, 9.17) is 32.7 Å². The van der Waals surface area contributed by atoms with Crippen LogP contribution in [0, 0.1) is 0 Å². The number of fused-ring (bicyclic) bond motifs is 1. The summed E-state index contributed by atoms with van der Waals surface area (Å²) in [4.78, 5) is 15.4. The maximum atomic E-state index is 13.4. The first-order valence-electron chi connectivity index (χ1n) is 8.88. The van der Waals surface area contributed by atoms with E-state index in [1.165, 1.54) is 0 Å². The Balaban J connectivity index is 2.18. The van der Waals surface area contributed by atoms with Gasteiger partial charge in [-0.15, -0.1) is 0 Å². The molecule has 0 saturated carbocycles. The maximum absolute atomic E-state index is 13.4. The van der Waals surface area contributed by atoms with E-state index in [1.807, 2.05) is 30.2 Å². The Labute approximate surface area is 175 Å². The molecule has 0 N–H and O–H groups in total. The van der Waals surface area contributed by atoms with E-state index in [-0.39, 0.29) is 11.3 Å². The van der Waals surface area contributed by atoms with Crippen LogP contribution in [-0.2, 0) is 6.42 Å². The summed E-state index contributed by atoms with van der Waals surface area (Å²) >= 11 is 12.3. The number of ether oxygens (including phenoxy) is 2. The van der Waals surface area contributed by atoms with Crippen LogP contribution in [-0.4, -0.2) is 37.5 Å². The molecular weight excluding hydrogens is 397 g/mol. The van der Waals surface area contributed by atoms with Gasteiger partial charge in [-0.05, 0) is 67.8 Å². The van der Waals surface area contributed by atoms with E-state index in [9.17, 15) is 4.79 Å². The number of nitrogens with zero attached hydrogens (tertiary/aromatic N) is 1. The minimum absolute atomic E-state index is 0.153. The van der Waals surface area contributed by atoms with Crippen molar-refractivity contribution in [2.24, 2.45) is 0 Å². The summed E-state index contributed by atoms with van der Waals surface area (Å²) in [6.07, 6.45) is 2.63. The Morgan fingerprint density at radius 1 is 1.07 bits per heavy atom. The topological polar surface area (TPSA) is 38.8 Å². The van der Waals surface area contributed by atoms with Gasteiger partial charge in [0.05, 0.1) is 24.9 Å². The SMILES string of the molecule is COc1cc2c(cc1OC)CC(C)(C)N(C)C(C(=O)c1ccc(Cl)cc1Cl)=C2. The van der Waals surface area contributed by atoms with Crippen molar-refractivity contribution in [1.29, 1.82) is 0 Å². The standard InChI is InChI=1S/C22H23Cl2NO3/c1-22(2)12-14-10-20(28-5)19(27-4)9-13(14)8-18(25(22)3)21(26)16-7-6-15(23)11-17(16)24/h6-11H,12H2,1-5H3. The van der Waals surface area contributed by atoms with Crippen LogP contribution in [0.15, 0.2) is 36.0 Å². The van der Waals surface area contributed by atoms with Gasteiger partial charge >= 0.3 is 0 Å². The van der Waals surface area contributed by atoms with Crippen LogP contribution in [0.3, 0.4) is 0 Å². The minimum Gasteiger partial charge on any atom is -0.493 e.